The summed E-state index contributed by atoms with van der Waals surface area (Å²) in [6.07, 6.45) is 2.73. The number of rotatable bonds is 3. The molecule has 1 N–H and O–H groups in total. The Morgan fingerprint density at radius 2 is 1.88 bits per heavy atom. The van der Waals surface area contributed by atoms with Gasteiger partial charge < -0.3 is 5.11 Å². The van der Waals surface area contributed by atoms with Crippen molar-refractivity contribution in [2.45, 2.75) is 32.8 Å². The quantitative estimate of drug-likeness (QED) is 0.380. The Kier molecular flexibility index (Phi) is 5.79. The summed E-state index contributed by atoms with van der Waals surface area (Å²) in [5, 5.41) is 27.8. The van der Waals surface area contributed by atoms with E-state index in [1.807, 2.05) is 49.4 Å². The lowest BCUT2D eigenvalue weighted by molar-refractivity contribution is 0.280. The van der Waals surface area contributed by atoms with Crippen LogP contribution < -0.4 is 5.56 Å². The summed E-state index contributed by atoms with van der Waals surface area (Å²) < 4.78 is 32.1. The van der Waals surface area contributed by atoms with Crippen LogP contribution in [-0.2, 0) is 12.0 Å². The molecule has 4 aromatic rings. The molecule has 2 aromatic carbocycles. The first kappa shape index (κ1) is 23.0. The van der Waals surface area contributed by atoms with Crippen molar-refractivity contribution in [3.05, 3.63) is 79.0 Å². The van der Waals surface area contributed by atoms with Gasteiger partial charge in [-0.1, -0.05) is 20.8 Å². The Labute approximate surface area is 201 Å². The Morgan fingerprint density at radius 1 is 1.18 bits per heavy atom. The molecule has 0 aliphatic rings. The highest BCUT2D eigenvalue weighted by atomic mass is 127. The molecule has 10 heteroatoms. The summed E-state index contributed by atoms with van der Waals surface area (Å²) in [6.45, 7) is 5.20. The van der Waals surface area contributed by atoms with Crippen LogP contribution in [0.1, 0.15) is 37.5 Å². The van der Waals surface area contributed by atoms with E-state index in [0.717, 1.165) is 16.8 Å². The van der Waals surface area contributed by atoms with Crippen LogP contribution >= 0.6 is 22.6 Å². The molecule has 0 aliphatic carbocycles. The zero-order chi connectivity index (χ0) is 24.1. The van der Waals surface area contributed by atoms with Crippen molar-refractivity contribution in [1.29, 1.82) is 5.26 Å². The van der Waals surface area contributed by atoms with Crippen LogP contribution in [0.3, 0.4) is 0 Å². The molecule has 0 unspecified atom stereocenters. The molecular formula is C23H18F2IN5O2. The van der Waals surface area contributed by atoms with Gasteiger partial charge in [0.1, 0.15) is 27.0 Å². The van der Waals surface area contributed by atoms with Gasteiger partial charge in [0.15, 0.2) is 0 Å². The van der Waals surface area contributed by atoms with Crippen molar-refractivity contribution in [1.82, 2.24) is 19.6 Å². The Morgan fingerprint density at radius 3 is 2.48 bits per heavy atom. The minimum atomic E-state index is -0.788. The zero-order valence-electron chi connectivity index (χ0n) is 17.9. The molecule has 7 nitrogen and oxygen atoms in total. The number of nitrogens with zero attached hydrogens (tertiary/aromatic N) is 5. The molecule has 2 heterocycles. The fraction of sp³-hybridized carbons (Fsp3) is 0.217. The minimum absolute atomic E-state index is 0.0530. The second-order valence-electron chi connectivity index (χ2n) is 8.50. The van der Waals surface area contributed by atoms with Crippen LogP contribution in [0.2, 0.25) is 0 Å². The molecule has 0 amide bonds. The van der Waals surface area contributed by atoms with E-state index in [9.17, 15) is 19.6 Å². The van der Waals surface area contributed by atoms with Gasteiger partial charge in [-0.3, -0.25) is 4.79 Å². The van der Waals surface area contributed by atoms with E-state index in [1.165, 1.54) is 23.1 Å². The molecule has 0 spiro atoms. The molecule has 0 atom stereocenters. The second kappa shape index (κ2) is 8.31. The van der Waals surface area contributed by atoms with Crippen molar-refractivity contribution in [2.75, 3.05) is 0 Å². The zero-order valence-corrected chi connectivity index (χ0v) is 20.1. The smallest absolute Gasteiger partial charge is 0.282 e. The third-order valence-corrected chi connectivity index (χ3v) is 6.09. The van der Waals surface area contributed by atoms with Gasteiger partial charge in [0.05, 0.1) is 29.6 Å². The average Bonchev–Trinajstić information content (AvgIpc) is 3.13. The Bertz CT molecular complexity index is 1510. The number of hydrogen-bond donors (Lipinski definition) is 1. The monoisotopic (exact) mass is 561 g/mol. The first-order chi connectivity index (χ1) is 15.5. The van der Waals surface area contributed by atoms with E-state index >= 15 is 4.39 Å². The molecule has 0 saturated carbocycles. The van der Waals surface area contributed by atoms with Crippen molar-refractivity contribution < 1.29 is 13.9 Å². The van der Waals surface area contributed by atoms with Crippen LogP contribution in [0.4, 0.5) is 8.78 Å². The highest BCUT2D eigenvalue weighted by Gasteiger charge is 2.21. The topological polar surface area (TPSA) is 96.7 Å². The molecule has 2 aromatic heterocycles. The Hall–Kier alpha value is -3.17. The molecule has 0 bridgehead atoms. The van der Waals surface area contributed by atoms with Crippen LogP contribution in [0, 0.1) is 26.7 Å². The highest BCUT2D eigenvalue weighted by Crippen LogP contribution is 2.28. The Balaban J connectivity index is 1.99. The van der Waals surface area contributed by atoms with Gasteiger partial charge >= 0.3 is 0 Å². The van der Waals surface area contributed by atoms with E-state index in [-0.39, 0.29) is 33.3 Å². The van der Waals surface area contributed by atoms with E-state index in [1.54, 1.807) is 6.07 Å². The fourth-order valence-corrected chi connectivity index (χ4v) is 4.05. The lowest BCUT2D eigenvalue weighted by Crippen LogP contribution is -2.24. The summed E-state index contributed by atoms with van der Waals surface area (Å²) in [4.78, 5) is 13.2. The fourth-order valence-electron chi connectivity index (χ4n) is 3.55. The first-order valence-corrected chi connectivity index (χ1v) is 10.9. The summed E-state index contributed by atoms with van der Waals surface area (Å²) >= 11 is 1.87. The third-order valence-electron chi connectivity index (χ3n) is 5.30. The van der Waals surface area contributed by atoms with E-state index < -0.39 is 23.8 Å². The summed E-state index contributed by atoms with van der Waals surface area (Å²) in [5.41, 5.74) is 0.0617. The van der Waals surface area contributed by atoms with Gasteiger partial charge in [-0.05, 0) is 45.7 Å². The second-order valence-corrected chi connectivity index (χ2v) is 9.53. The number of aromatic nitrogens is 4. The average molecular weight is 561 g/mol. The number of halogens is 3. The number of hydrogen-bond acceptors (Lipinski definition) is 5. The molecule has 168 valence electrons. The molecule has 4 rings (SSSR count). The normalized spacial score (nSPS) is 11.7. The van der Waals surface area contributed by atoms with Crippen LogP contribution in [0.25, 0.3) is 22.1 Å². The standard InChI is InChI=1S/C23H18F2IN5O2/c1-23(2,3)14-4-12-9-28-31(22(33)20(12)17(25)5-14)19-7-15(24)6-18(16(19)11-32)30-10-13(8-27)21(26)29-30/h4-7,9-10,32H,11H2,1-3H3. The summed E-state index contributed by atoms with van der Waals surface area (Å²) in [5.74, 6) is -1.43. The summed E-state index contributed by atoms with van der Waals surface area (Å²) in [6, 6.07) is 7.16. The van der Waals surface area contributed by atoms with Gasteiger partial charge in [0.2, 0.25) is 0 Å². The van der Waals surface area contributed by atoms with Crippen LogP contribution in [0.5, 0.6) is 0 Å². The van der Waals surface area contributed by atoms with Crippen molar-refractivity contribution >= 4 is 33.4 Å². The molecule has 0 saturated heterocycles. The number of aliphatic hydroxyl groups excluding tert-OH is 1. The molecule has 0 aliphatic heterocycles. The van der Waals surface area contributed by atoms with Gasteiger partial charge in [-0.15, -0.1) is 0 Å². The maximum Gasteiger partial charge on any atom is 0.282 e. The summed E-state index contributed by atoms with van der Waals surface area (Å²) in [7, 11) is 0. The van der Waals surface area contributed by atoms with Crippen LogP contribution in [-0.4, -0.2) is 24.7 Å². The maximum atomic E-state index is 15.0. The van der Waals surface area contributed by atoms with E-state index in [0.29, 0.717) is 14.7 Å². The van der Waals surface area contributed by atoms with Gasteiger partial charge in [0.25, 0.3) is 5.56 Å². The maximum absolute atomic E-state index is 15.0. The van der Waals surface area contributed by atoms with Crippen molar-refractivity contribution in [3.8, 4) is 17.4 Å². The van der Waals surface area contributed by atoms with Crippen molar-refractivity contribution in [2.24, 2.45) is 0 Å². The molecule has 33 heavy (non-hydrogen) atoms. The number of nitriles is 1. The molecule has 0 radical (unpaired) electrons. The molecular weight excluding hydrogens is 543 g/mol. The minimum Gasteiger partial charge on any atom is -0.392 e. The number of benzene rings is 2. The van der Waals surface area contributed by atoms with Gasteiger partial charge in [-0.2, -0.15) is 20.1 Å². The largest absolute Gasteiger partial charge is 0.392 e. The number of fused-ring (bicyclic) bond motifs is 1. The third kappa shape index (κ3) is 4.02. The van der Waals surface area contributed by atoms with Crippen LogP contribution in [0.15, 0.2) is 41.5 Å². The number of aliphatic hydroxyl groups is 1. The van der Waals surface area contributed by atoms with E-state index in [4.69, 9.17) is 0 Å². The van der Waals surface area contributed by atoms with E-state index in [2.05, 4.69) is 10.2 Å². The molecule has 0 fully saturated rings. The lowest BCUT2D eigenvalue weighted by atomic mass is 9.86. The van der Waals surface area contributed by atoms with Crippen molar-refractivity contribution in [3.63, 3.8) is 0 Å². The SMILES string of the molecule is CC(C)(C)c1cc(F)c2c(=O)n(-c3cc(F)cc(-n4cc(C#N)c(I)n4)c3CO)ncc2c1. The van der Waals surface area contributed by atoms with Gasteiger partial charge in [-0.25, -0.2) is 13.5 Å². The van der Waals surface area contributed by atoms with Gasteiger partial charge in [0, 0.05) is 29.3 Å². The first-order valence-electron chi connectivity index (χ1n) is 9.86. The predicted molar refractivity (Wildman–Crippen MR) is 126 cm³/mol. The predicted octanol–water partition coefficient (Wildman–Crippen LogP) is 4.12. The lowest BCUT2D eigenvalue weighted by Gasteiger charge is -2.20. The highest BCUT2D eigenvalue weighted by molar-refractivity contribution is 14.1.